The molecule has 2 aliphatic heterocycles. The second-order valence-electron chi connectivity index (χ2n) is 6.48. The number of piperazine rings is 1. The lowest BCUT2D eigenvalue weighted by molar-refractivity contribution is -0.383. The van der Waals surface area contributed by atoms with E-state index in [9.17, 15) is 10.1 Å². The number of benzene rings is 1. The fourth-order valence-corrected chi connectivity index (χ4v) is 3.15. The molecule has 1 saturated heterocycles. The summed E-state index contributed by atoms with van der Waals surface area (Å²) in [7, 11) is 2.03. The third-order valence-corrected chi connectivity index (χ3v) is 4.69. The van der Waals surface area contributed by atoms with Crippen molar-refractivity contribution in [3.05, 3.63) is 40.2 Å². The summed E-state index contributed by atoms with van der Waals surface area (Å²) < 4.78 is 10.7. The van der Waals surface area contributed by atoms with Crippen molar-refractivity contribution < 1.29 is 14.4 Å². The Kier molecular flexibility index (Phi) is 4.63. The minimum Gasteiger partial charge on any atom is -0.454 e. The highest BCUT2D eigenvalue weighted by molar-refractivity contribution is 5.70. The van der Waals surface area contributed by atoms with Crippen LogP contribution in [-0.2, 0) is 6.54 Å². The van der Waals surface area contributed by atoms with Crippen molar-refractivity contribution in [3.8, 4) is 11.5 Å². The van der Waals surface area contributed by atoms with Crippen LogP contribution in [0.2, 0.25) is 0 Å². The number of hydrogen-bond donors (Lipinski definition) is 1. The van der Waals surface area contributed by atoms with Gasteiger partial charge in [-0.2, -0.15) is 0 Å². The summed E-state index contributed by atoms with van der Waals surface area (Å²) in [4.78, 5) is 23.7. The number of nitrogens with one attached hydrogen (secondary N) is 1. The van der Waals surface area contributed by atoms with Gasteiger partial charge in [-0.05, 0) is 24.7 Å². The summed E-state index contributed by atoms with van der Waals surface area (Å²) in [6, 6.07) is 5.56. The van der Waals surface area contributed by atoms with Gasteiger partial charge in [-0.15, -0.1) is 0 Å². The van der Waals surface area contributed by atoms with Crippen molar-refractivity contribution in [1.82, 2.24) is 14.9 Å². The number of hydrogen-bond acceptors (Lipinski definition) is 9. The van der Waals surface area contributed by atoms with Gasteiger partial charge in [0, 0.05) is 32.7 Å². The quantitative estimate of drug-likeness (QED) is 0.617. The molecule has 2 aromatic rings. The number of fused-ring (bicyclic) bond motifs is 1. The van der Waals surface area contributed by atoms with Crippen LogP contribution in [0.5, 0.6) is 11.5 Å². The van der Waals surface area contributed by atoms with Gasteiger partial charge in [-0.1, -0.05) is 6.07 Å². The van der Waals surface area contributed by atoms with Gasteiger partial charge >= 0.3 is 5.69 Å². The van der Waals surface area contributed by atoms with Gasteiger partial charge < -0.3 is 24.6 Å². The largest absolute Gasteiger partial charge is 0.454 e. The van der Waals surface area contributed by atoms with Crippen molar-refractivity contribution in [1.29, 1.82) is 0 Å². The van der Waals surface area contributed by atoms with E-state index < -0.39 is 4.92 Å². The molecule has 0 radical (unpaired) electrons. The molecule has 0 unspecified atom stereocenters. The normalized spacial score (nSPS) is 16.4. The third-order valence-electron chi connectivity index (χ3n) is 4.69. The van der Waals surface area contributed by atoms with Crippen LogP contribution in [0.3, 0.4) is 0 Å². The Morgan fingerprint density at radius 1 is 1.19 bits per heavy atom. The molecule has 1 aromatic carbocycles. The number of rotatable bonds is 5. The molecule has 0 spiro atoms. The molecule has 0 atom stereocenters. The summed E-state index contributed by atoms with van der Waals surface area (Å²) in [5, 5.41) is 14.8. The molecule has 10 heteroatoms. The Labute approximate surface area is 155 Å². The maximum atomic E-state index is 11.7. The summed E-state index contributed by atoms with van der Waals surface area (Å²) in [5.41, 5.74) is 0.816. The average molecular weight is 372 g/mol. The van der Waals surface area contributed by atoms with Crippen molar-refractivity contribution in [2.24, 2.45) is 0 Å². The molecule has 1 N–H and O–H groups in total. The fourth-order valence-electron chi connectivity index (χ4n) is 3.15. The first kappa shape index (κ1) is 17.3. The lowest BCUT2D eigenvalue weighted by atomic mass is 10.2. The Bertz CT molecular complexity index is 853. The number of ether oxygens (including phenoxy) is 2. The van der Waals surface area contributed by atoms with E-state index in [0.717, 1.165) is 18.7 Å². The number of nitrogens with zero attached hydrogens (tertiary/aromatic N) is 5. The molecule has 1 aromatic heterocycles. The highest BCUT2D eigenvalue weighted by Crippen LogP contribution is 2.34. The van der Waals surface area contributed by atoms with Crippen LogP contribution in [0.1, 0.15) is 5.56 Å². The molecule has 27 heavy (non-hydrogen) atoms. The molecule has 0 amide bonds. The van der Waals surface area contributed by atoms with Gasteiger partial charge in [0.1, 0.15) is 6.33 Å². The lowest BCUT2D eigenvalue weighted by Gasteiger charge is -2.32. The predicted octanol–water partition coefficient (Wildman–Crippen LogP) is 1.48. The smallest absolute Gasteiger partial charge is 0.353 e. The van der Waals surface area contributed by atoms with Gasteiger partial charge in [-0.25, -0.2) is 9.97 Å². The predicted molar refractivity (Wildman–Crippen MR) is 98.3 cm³/mol. The Morgan fingerprint density at radius 3 is 2.74 bits per heavy atom. The van der Waals surface area contributed by atoms with Gasteiger partial charge in [0.15, 0.2) is 11.5 Å². The standard InChI is InChI=1S/C17H20N6O4/c1-21-4-6-22(7-5-21)17-15(23(24)25)16(19-10-20-17)18-9-12-2-3-13-14(8-12)27-11-26-13/h2-3,8,10H,4-7,9,11H2,1H3,(H,18,19,20). The van der Waals surface area contributed by atoms with Crippen LogP contribution in [0, 0.1) is 10.1 Å². The van der Waals surface area contributed by atoms with Crippen LogP contribution in [0.15, 0.2) is 24.5 Å². The number of anilines is 2. The van der Waals surface area contributed by atoms with E-state index in [1.54, 1.807) is 0 Å². The molecular formula is C17H20N6O4. The number of likely N-dealkylation sites (N-methyl/N-ethyl adjacent to an activating group) is 1. The van der Waals surface area contributed by atoms with Crippen LogP contribution >= 0.6 is 0 Å². The maximum absolute atomic E-state index is 11.7. The Morgan fingerprint density at radius 2 is 1.96 bits per heavy atom. The molecule has 3 heterocycles. The average Bonchev–Trinajstić information content (AvgIpc) is 3.14. The van der Waals surface area contributed by atoms with Crippen LogP contribution in [0.4, 0.5) is 17.3 Å². The molecular weight excluding hydrogens is 352 g/mol. The maximum Gasteiger partial charge on any atom is 0.353 e. The first-order valence-electron chi connectivity index (χ1n) is 8.67. The molecule has 2 aliphatic rings. The summed E-state index contributed by atoms with van der Waals surface area (Å²) in [6.45, 7) is 3.63. The molecule has 0 saturated carbocycles. The molecule has 4 rings (SSSR count). The SMILES string of the molecule is CN1CCN(c2ncnc(NCc3ccc4c(c3)OCO4)c2[N+](=O)[O-])CC1. The fraction of sp³-hybridized carbons (Fsp3) is 0.412. The number of nitro groups is 1. The zero-order valence-electron chi connectivity index (χ0n) is 14.9. The van der Waals surface area contributed by atoms with Gasteiger partial charge in [-0.3, -0.25) is 10.1 Å². The summed E-state index contributed by atoms with van der Waals surface area (Å²) in [5.74, 6) is 1.94. The lowest BCUT2D eigenvalue weighted by Crippen LogP contribution is -2.45. The first-order valence-corrected chi connectivity index (χ1v) is 8.67. The zero-order valence-corrected chi connectivity index (χ0v) is 14.9. The van der Waals surface area contributed by atoms with Crippen molar-refractivity contribution >= 4 is 17.3 Å². The topological polar surface area (TPSA) is 106 Å². The van der Waals surface area contributed by atoms with Crippen molar-refractivity contribution in [2.45, 2.75) is 6.54 Å². The van der Waals surface area contributed by atoms with Crippen molar-refractivity contribution in [3.63, 3.8) is 0 Å². The zero-order chi connectivity index (χ0) is 18.8. The highest BCUT2D eigenvalue weighted by Gasteiger charge is 2.28. The van der Waals surface area contributed by atoms with E-state index in [1.807, 2.05) is 30.1 Å². The van der Waals surface area contributed by atoms with Gasteiger partial charge in [0.2, 0.25) is 18.4 Å². The van der Waals surface area contributed by atoms with E-state index in [1.165, 1.54) is 6.33 Å². The third kappa shape index (κ3) is 3.56. The highest BCUT2D eigenvalue weighted by atomic mass is 16.7. The van der Waals surface area contributed by atoms with E-state index in [4.69, 9.17) is 9.47 Å². The molecule has 142 valence electrons. The van der Waals surface area contributed by atoms with E-state index >= 15 is 0 Å². The summed E-state index contributed by atoms with van der Waals surface area (Å²) in [6.07, 6.45) is 1.36. The molecule has 10 nitrogen and oxygen atoms in total. The minimum atomic E-state index is -0.421. The molecule has 0 bridgehead atoms. The van der Waals surface area contributed by atoms with Crippen LogP contribution < -0.4 is 19.7 Å². The Hall–Kier alpha value is -3.14. The monoisotopic (exact) mass is 372 g/mol. The van der Waals surface area contributed by atoms with E-state index in [-0.39, 0.29) is 18.3 Å². The van der Waals surface area contributed by atoms with E-state index in [2.05, 4.69) is 20.2 Å². The molecule has 0 aliphatic carbocycles. The Balaban J connectivity index is 1.55. The second kappa shape index (κ2) is 7.23. The number of aromatic nitrogens is 2. The van der Waals surface area contributed by atoms with Crippen LogP contribution in [-0.4, -0.2) is 59.8 Å². The van der Waals surface area contributed by atoms with Crippen molar-refractivity contribution in [2.75, 3.05) is 50.2 Å². The van der Waals surface area contributed by atoms with Gasteiger partial charge in [0.05, 0.1) is 4.92 Å². The van der Waals surface area contributed by atoms with E-state index in [0.29, 0.717) is 37.0 Å². The first-order chi connectivity index (χ1) is 13.1. The minimum absolute atomic E-state index is 0.0946. The van der Waals surface area contributed by atoms with Gasteiger partial charge in [0.25, 0.3) is 0 Å². The molecule has 1 fully saturated rings. The second-order valence-corrected chi connectivity index (χ2v) is 6.48. The summed E-state index contributed by atoms with van der Waals surface area (Å²) >= 11 is 0. The van der Waals surface area contributed by atoms with Crippen LogP contribution in [0.25, 0.3) is 0 Å².